The lowest BCUT2D eigenvalue weighted by molar-refractivity contribution is -0.903. The first-order chi connectivity index (χ1) is 15.6. The van der Waals surface area contributed by atoms with Gasteiger partial charge in [0.25, 0.3) is 0 Å². The second-order valence-electron chi connectivity index (χ2n) is 7.82. The van der Waals surface area contributed by atoms with Crippen molar-refractivity contribution in [3.8, 4) is 23.0 Å². The number of halogens is 1. The van der Waals surface area contributed by atoms with Crippen LogP contribution in [0.1, 0.15) is 5.56 Å². The normalized spacial score (nSPS) is 14.9. The largest absolute Gasteiger partial charge is 1.00 e. The zero-order chi connectivity index (χ0) is 22.9. The number of quaternary nitrogens is 1. The van der Waals surface area contributed by atoms with Gasteiger partial charge >= 0.3 is 0 Å². The molecule has 184 valence electrons. The molecule has 2 aromatic carbocycles. The smallest absolute Gasteiger partial charge is 0.203 e. The molecule has 0 amide bonds. The summed E-state index contributed by atoms with van der Waals surface area (Å²) in [5.41, 5.74) is 2.02. The fraction of sp³-hybridized carbons (Fsp3) is 0.500. The van der Waals surface area contributed by atoms with E-state index in [1.54, 1.807) is 28.4 Å². The van der Waals surface area contributed by atoms with E-state index >= 15 is 0 Å². The summed E-state index contributed by atoms with van der Waals surface area (Å²) in [5, 5.41) is 10.5. The van der Waals surface area contributed by atoms with Gasteiger partial charge in [0.05, 0.1) is 73.5 Å². The number of aliphatic hydroxyl groups excluding tert-OH is 1. The zero-order valence-electron chi connectivity index (χ0n) is 19.8. The third kappa shape index (κ3) is 7.04. The average molecular weight is 483 g/mol. The molecule has 1 aliphatic rings. The lowest BCUT2D eigenvalue weighted by Crippen LogP contribution is -3.16. The highest BCUT2D eigenvalue weighted by Gasteiger charge is 2.24. The maximum absolute atomic E-state index is 10.5. The molecule has 1 heterocycles. The number of nitrogens with zero attached hydrogens (tertiary/aromatic N) is 1. The van der Waals surface area contributed by atoms with E-state index in [4.69, 9.17) is 23.7 Å². The number of benzene rings is 2. The Morgan fingerprint density at radius 1 is 0.909 bits per heavy atom. The number of rotatable bonds is 11. The zero-order valence-corrected chi connectivity index (χ0v) is 20.6. The van der Waals surface area contributed by atoms with Gasteiger partial charge in [-0.05, 0) is 29.8 Å². The Kier molecular flexibility index (Phi) is 10.9. The highest BCUT2D eigenvalue weighted by molar-refractivity contribution is 5.58. The van der Waals surface area contributed by atoms with Gasteiger partial charge < -0.3 is 51.0 Å². The number of piperazine rings is 1. The van der Waals surface area contributed by atoms with Gasteiger partial charge in [-0.3, -0.25) is 0 Å². The second-order valence-corrected chi connectivity index (χ2v) is 7.82. The average Bonchev–Trinajstić information content (AvgIpc) is 2.83. The van der Waals surface area contributed by atoms with Crippen molar-refractivity contribution in [1.82, 2.24) is 0 Å². The Bertz CT molecular complexity index is 836. The maximum atomic E-state index is 10.5. The van der Waals surface area contributed by atoms with Crippen LogP contribution >= 0.6 is 0 Å². The van der Waals surface area contributed by atoms with Gasteiger partial charge in [-0.15, -0.1) is 0 Å². The molecular weight excluding hydrogens is 448 g/mol. The molecule has 2 aromatic rings. The van der Waals surface area contributed by atoms with Crippen molar-refractivity contribution in [1.29, 1.82) is 0 Å². The van der Waals surface area contributed by atoms with Crippen molar-refractivity contribution in [2.24, 2.45) is 0 Å². The molecule has 0 aromatic heterocycles. The fourth-order valence-electron chi connectivity index (χ4n) is 4.08. The maximum Gasteiger partial charge on any atom is 0.203 e. The minimum atomic E-state index is -0.523. The SMILES string of the molecule is COc1ccccc1N1CC[NH+](CC(O)COCc2cc(OC)c(OC)c(OC)c2)CC1.[Cl-]. The van der Waals surface area contributed by atoms with Crippen molar-refractivity contribution in [3.05, 3.63) is 42.0 Å². The molecule has 0 spiro atoms. The highest BCUT2D eigenvalue weighted by atomic mass is 35.5. The van der Waals surface area contributed by atoms with Crippen LogP contribution in [0.3, 0.4) is 0 Å². The number of hydrogen-bond donors (Lipinski definition) is 2. The number of methoxy groups -OCH3 is 4. The van der Waals surface area contributed by atoms with Crippen molar-refractivity contribution in [2.45, 2.75) is 12.7 Å². The van der Waals surface area contributed by atoms with Crippen LogP contribution in [0, 0.1) is 0 Å². The van der Waals surface area contributed by atoms with Crippen LogP contribution in [0.4, 0.5) is 5.69 Å². The quantitative estimate of drug-likeness (QED) is 0.384. The standard InChI is InChI=1S/C24H34N2O6.ClH/c1-28-21-8-6-5-7-20(21)26-11-9-25(10-12-26)15-19(27)17-32-16-18-13-22(29-2)24(31-4)23(14-18)30-3;/h5-8,13-14,19,27H,9-12,15-17H2,1-4H3;1H. The van der Waals surface area contributed by atoms with Crippen LogP contribution in [0.5, 0.6) is 23.0 Å². The first-order valence-corrected chi connectivity index (χ1v) is 10.9. The van der Waals surface area contributed by atoms with Crippen molar-refractivity contribution < 1.29 is 46.1 Å². The Hall–Kier alpha value is -2.39. The third-order valence-corrected chi connectivity index (χ3v) is 5.72. The summed E-state index contributed by atoms with van der Waals surface area (Å²) in [6, 6.07) is 11.8. The van der Waals surface area contributed by atoms with Gasteiger partial charge in [-0.25, -0.2) is 0 Å². The van der Waals surface area contributed by atoms with Crippen LogP contribution in [0.25, 0.3) is 0 Å². The van der Waals surface area contributed by atoms with Crippen LogP contribution in [0.15, 0.2) is 36.4 Å². The fourth-order valence-corrected chi connectivity index (χ4v) is 4.08. The molecule has 3 rings (SSSR count). The van der Waals surface area contributed by atoms with E-state index in [1.807, 2.05) is 30.3 Å². The minimum absolute atomic E-state index is 0. The molecule has 0 aliphatic carbocycles. The number of hydrogen-bond acceptors (Lipinski definition) is 7. The van der Waals surface area contributed by atoms with Crippen LogP contribution in [-0.4, -0.2) is 79.0 Å². The molecule has 0 radical (unpaired) electrons. The van der Waals surface area contributed by atoms with Crippen molar-refractivity contribution >= 4 is 5.69 Å². The summed E-state index contributed by atoms with van der Waals surface area (Å²) in [5.74, 6) is 2.62. The molecule has 2 N–H and O–H groups in total. The first kappa shape index (κ1) is 26.9. The van der Waals surface area contributed by atoms with Gasteiger partial charge in [0.1, 0.15) is 18.4 Å². The summed E-state index contributed by atoms with van der Waals surface area (Å²) < 4.78 is 27.4. The molecule has 0 bridgehead atoms. The van der Waals surface area contributed by atoms with E-state index in [1.165, 1.54) is 4.90 Å². The summed E-state index contributed by atoms with van der Waals surface area (Å²) >= 11 is 0. The molecule has 0 saturated carbocycles. The monoisotopic (exact) mass is 482 g/mol. The predicted octanol–water partition coefficient (Wildman–Crippen LogP) is -1.99. The number of para-hydroxylation sites is 2. The second kappa shape index (κ2) is 13.3. The summed E-state index contributed by atoms with van der Waals surface area (Å²) in [7, 11) is 6.45. The Morgan fingerprint density at radius 2 is 1.52 bits per heavy atom. The first-order valence-electron chi connectivity index (χ1n) is 10.9. The topological polar surface area (TPSA) is 74.1 Å². The van der Waals surface area contributed by atoms with E-state index in [2.05, 4.69) is 11.0 Å². The van der Waals surface area contributed by atoms with E-state index < -0.39 is 6.10 Å². The van der Waals surface area contributed by atoms with E-state index in [0.717, 1.165) is 43.2 Å². The molecule has 1 aliphatic heterocycles. The van der Waals surface area contributed by atoms with E-state index in [0.29, 0.717) is 30.4 Å². The van der Waals surface area contributed by atoms with Gasteiger partial charge in [-0.1, -0.05) is 12.1 Å². The lowest BCUT2D eigenvalue weighted by atomic mass is 10.2. The molecule has 9 heteroatoms. The molecule has 8 nitrogen and oxygen atoms in total. The van der Waals surface area contributed by atoms with Crippen LogP contribution in [-0.2, 0) is 11.3 Å². The van der Waals surface area contributed by atoms with E-state index in [9.17, 15) is 5.11 Å². The molecule has 1 fully saturated rings. The lowest BCUT2D eigenvalue weighted by Gasteiger charge is -2.35. The van der Waals surface area contributed by atoms with Gasteiger partial charge in [0, 0.05) is 0 Å². The Balaban J connectivity index is 0.00000385. The number of nitrogens with one attached hydrogen (secondary N) is 1. The third-order valence-electron chi connectivity index (χ3n) is 5.72. The van der Waals surface area contributed by atoms with Crippen molar-refractivity contribution in [2.75, 3.05) is 72.7 Å². The Morgan fingerprint density at radius 3 is 2.09 bits per heavy atom. The van der Waals surface area contributed by atoms with Gasteiger partial charge in [0.15, 0.2) is 11.5 Å². The summed E-state index contributed by atoms with van der Waals surface area (Å²) in [6.45, 7) is 5.06. The van der Waals surface area contributed by atoms with Crippen LogP contribution in [0.2, 0.25) is 0 Å². The number of ether oxygens (including phenoxy) is 5. The molecule has 33 heavy (non-hydrogen) atoms. The number of anilines is 1. The summed E-state index contributed by atoms with van der Waals surface area (Å²) in [4.78, 5) is 3.72. The number of aliphatic hydroxyl groups is 1. The minimum Gasteiger partial charge on any atom is -1.00 e. The van der Waals surface area contributed by atoms with Gasteiger partial charge in [-0.2, -0.15) is 0 Å². The predicted molar refractivity (Wildman–Crippen MR) is 123 cm³/mol. The highest BCUT2D eigenvalue weighted by Crippen LogP contribution is 2.38. The van der Waals surface area contributed by atoms with Gasteiger partial charge in [0.2, 0.25) is 5.75 Å². The molecule has 1 unspecified atom stereocenters. The van der Waals surface area contributed by atoms with E-state index in [-0.39, 0.29) is 19.0 Å². The Labute approximate surface area is 202 Å². The molecule has 1 atom stereocenters. The van der Waals surface area contributed by atoms with Crippen LogP contribution < -0.4 is 41.2 Å². The molecular formula is C24H35ClN2O6. The van der Waals surface area contributed by atoms with Crippen molar-refractivity contribution in [3.63, 3.8) is 0 Å². The molecule has 1 saturated heterocycles. The summed E-state index contributed by atoms with van der Waals surface area (Å²) in [6.07, 6.45) is -0.523.